The van der Waals surface area contributed by atoms with Crippen molar-refractivity contribution in [2.24, 2.45) is 5.92 Å². The zero-order chi connectivity index (χ0) is 12.8. The van der Waals surface area contributed by atoms with Crippen molar-refractivity contribution in [3.63, 3.8) is 0 Å². The maximum absolute atomic E-state index is 8.98. The lowest BCUT2D eigenvalue weighted by molar-refractivity contribution is 0.327. The van der Waals surface area contributed by atoms with Crippen molar-refractivity contribution < 1.29 is 0 Å². The second kappa shape index (κ2) is 6.36. The van der Waals surface area contributed by atoms with E-state index in [-0.39, 0.29) is 0 Å². The van der Waals surface area contributed by atoms with Crippen LogP contribution in [0.1, 0.15) is 25.3 Å². The first kappa shape index (κ1) is 12.8. The third kappa shape index (κ3) is 3.21. The van der Waals surface area contributed by atoms with Gasteiger partial charge in [0.15, 0.2) is 0 Å². The molecule has 2 heterocycles. The molecule has 4 nitrogen and oxygen atoms in total. The lowest BCUT2D eigenvalue weighted by atomic mass is 10.1. The average molecular weight is 244 g/mol. The van der Waals surface area contributed by atoms with Crippen LogP contribution in [0, 0.1) is 17.2 Å². The van der Waals surface area contributed by atoms with Gasteiger partial charge in [0, 0.05) is 19.3 Å². The summed E-state index contributed by atoms with van der Waals surface area (Å²) in [6, 6.07) is 5.76. The van der Waals surface area contributed by atoms with Crippen molar-refractivity contribution in [1.82, 2.24) is 9.88 Å². The Balaban J connectivity index is 1.84. The summed E-state index contributed by atoms with van der Waals surface area (Å²) in [7, 11) is 0. The van der Waals surface area contributed by atoms with Crippen LogP contribution in [0.2, 0.25) is 0 Å². The van der Waals surface area contributed by atoms with E-state index in [2.05, 4.69) is 28.2 Å². The number of rotatable bonds is 5. The molecular formula is C14H20N4. The molecule has 0 unspecified atom stereocenters. The van der Waals surface area contributed by atoms with Crippen molar-refractivity contribution in [2.45, 2.75) is 19.8 Å². The number of hydrogen-bond donors (Lipinski definition) is 1. The van der Waals surface area contributed by atoms with Crippen LogP contribution < -0.4 is 5.32 Å². The predicted molar refractivity (Wildman–Crippen MR) is 72.3 cm³/mol. The van der Waals surface area contributed by atoms with Gasteiger partial charge in [-0.25, -0.2) is 4.98 Å². The Morgan fingerprint density at radius 2 is 2.50 bits per heavy atom. The van der Waals surface area contributed by atoms with E-state index in [0.29, 0.717) is 17.3 Å². The fourth-order valence-electron chi connectivity index (χ4n) is 2.48. The molecule has 0 radical (unpaired) electrons. The van der Waals surface area contributed by atoms with Crippen LogP contribution >= 0.6 is 0 Å². The lowest BCUT2D eigenvalue weighted by Gasteiger charge is -2.15. The van der Waals surface area contributed by atoms with Gasteiger partial charge >= 0.3 is 0 Å². The smallest absolute Gasteiger partial charge is 0.143 e. The molecule has 0 aromatic carbocycles. The van der Waals surface area contributed by atoms with Gasteiger partial charge in [-0.15, -0.1) is 0 Å². The minimum Gasteiger partial charge on any atom is -0.369 e. The normalized spacial score (nSPS) is 19.7. The fourth-order valence-corrected chi connectivity index (χ4v) is 2.48. The molecule has 1 aliphatic heterocycles. The van der Waals surface area contributed by atoms with E-state index in [1.807, 2.05) is 0 Å². The van der Waals surface area contributed by atoms with Crippen LogP contribution in [0.4, 0.5) is 5.82 Å². The zero-order valence-electron chi connectivity index (χ0n) is 10.9. The molecule has 1 fully saturated rings. The van der Waals surface area contributed by atoms with Gasteiger partial charge in [-0.3, -0.25) is 0 Å². The van der Waals surface area contributed by atoms with Gasteiger partial charge in [-0.2, -0.15) is 5.26 Å². The van der Waals surface area contributed by atoms with Crippen LogP contribution in [0.25, 0.3) is 0 Å². The Morgan fingerprint density at radius 1 is 1.61 bits per heavy atom. The van der Waals surface area contributed by atoms with Crippen LogP contribution in [-0.2, 0) is 0 Å². The second-order valence-electron chi connectivity index (χ2n) is 4.85. The van der Waals surface area contributed by atoms with Gasteiger partial charge in [0.05, 0.1) is 5.56 Å². The quantitative estimate of drug-likeness (QED) is 0.861. The molecule has 0 saturated carbocycles. The second-order valence-corrected chi connectivity index (χ2v) is 4.85. The molecule has 1 aromatic rings. The maximum atomic E-state index is 8.98. The van der Waals surface area contributed by atoms with Crippen molar-refractivity contribution in [1.29, 1.82) is 5.26 Å². The van der Waals surface area contributed by atoms with Gasteiger partial charge in [-0.1, -0.05) is 6.92 Å². The Bertz CT molecular complexity index is 424. The molecule has 1 N–H and O–H groups in total. The Morgan fingerprint density at radius 3 is 3.28 bits per heavy atom. The zero-order valence-corrected chi connectivity index (χ0v) is 10.9. The maximum Gasteiger partial charge on any atom is 0.143 e. The highest BCUT2D eigenvalue weighted by Crippen LogP contribution is 2.18. The number of aromatic nitrogens is 1. The summed E-state index contributed by atoms with van der Waals surface area (Å²) in [5.41, 5.74) is 0.626. The SMILES string of the molecule is CCCN1CC[C@@H](CNc2ncccc2C#N)C1. The van der Waals surface area contributed by atoms with Crippen molar-refractivity contribution >= 4 is 5.82 Å². The first-order valence-corrected chi connectivity index (χ1v) is 6.64. The molecule has 2 rings (SSSR count). The third-order valence-corrected chi connectivity index (χ3v) is 3.40. The van der Waals surface area contributed by atoms with E-state index in [9.17, 15) is 0 Å². The average Bonchev–Trinajstić information content (AvgIpc) is 2.85. The molecule has 18 heavy (non-hydrogen) atoms. The van der Waals surface area contributed by atoms with Gasteiger partial charge in [0.2, 0.25) is 0 Å². The van der Waals surface area contributed by atoms with Crippen molar-refractivity contribution in [3.8, 4) is 6.07 Å². The summed E-state index contributed by atoms with van der Waals surface area (Å²) < 4.78 is 0. The molecule has 0 spiro atoms. The number of hydrogen-bond acceptors (Lipinski definition) is 4. The molecule has 96 valence electrons. The first-order chi connectivity index (χ1) is 8.83. The summed E-state index contributed by atoms with van der Waals surface area (Å²) in [6.07, 6.45) is 4.18. The van der Waals surface area contributed by atoms with Gasteiger partial charge in [0.1, 0.15) is 11.9 Å². The van der Waals surface area contributed by atoms with Crippen molar-refractivity contribution in [2.75, 3.05) is 31.5 Å². The number of likely N-dealkylation sites (tertiary alicyclic amines) is 1. The molecule has 0 amide bonds. The molecule has 1 aliphatic rings. The summed E-state index contributed by atoms with van der Waals surface area (Å²) in [4.78, 5) is 6.73. The molecule has 1 aromatic heterocycles. The van der Waals surface area contributed by atoms with E-state index < -0.39 is 0 Å². The molecule has 0 bridgehead atoms. The summed E-state index contributed by atoms with van der Waals surface area (Å²) in [6.45, 7) is 6.69. The Kier molecular flexibility index (Phi) is 4.54. The molecule has 0 aliphatic carbocycles. The summed E-state index contributed by atoms with van der Waals surface area (Å²) in [5.74, 6) is 1.39. The molecule has 1 atom stereocenters. The van der Waals surface area contributed by atoms with Gasteiger partial charge < -0.3 is 10.2 Å². The Hall–Kier alpha value is -1.60. The number of anilines is 1. The van der Waals surface area contributed by atoms with Crippen molar-refractivity contribution in [3.05, 3.63) is 23.9 Å². The van der Waals surface area contributed by atoms with E-state index in [1.54, 1.807) is 18.3 Å². The van der Waals surface area contributed by atoms with E-state index in [1.165, 1.54) is 25.9 Å². The molecule has 1 saturated heterocycles. The monoisotopic (exact) mass is 244 g/mol. The molecular weight excluding hydrogens is 224 g/mol. The van der Waals surface area contributed by atoms with Gasteiger partial charge in [0.25, 0.3) is 0 Å². The number of nitrogens with one attached hydrogen (secondary N) is 1. The highest BCUT2D eigenvalue weighted by molar-refractivity contribution is 5.51. The van der Waals surface area contributed by atoms with E-state index >= 15 is 0 Å². The number of nitrogens with zero attached hydrogens (tertiary/aromatic N) is 3. The molecule has 4 heteroatoms. The topological polar surface area (TPSA) is 52.0 Å². The third-order valence-electron chi connectivity index (χ3n) is 3.40. The highest BCUT2D eigenvalue weighted by Gasteiger charge is 2.21. The van der Waals surface area contributed by atoms with E-state index in [4.69, 9.17) is 5.26 Å². The van der Waals surface area contributed by atoms with Crippen LogP contribution in [0.15, 0.2) is 18.3 Å². The van der Waals surface area contributed by atoms with Crippen LogP contribution in [0.3, 0.4) is 0 Å². The fraction of sp³-hybridized carbons (Fsp3) is 0.571. The predicted octanol–water partition coefficient (Wildman–Crippen LogP) is 2.10. The standard InChI is InChI=1S/C14H20N4/c1-2-7-18-8-5-12(11-18)10-17-14-13(9-15)4-3-6-16-14/h3-4,6,12H,2,5,7-8,10-11H2,1H3,(H,16,17)/t12-/m0/s1. The van der Waals surface area contributed by atoms with E-state index in [0.717, 1.165) is 13.1 Å². The first-order valence-electron chi connectivity index (χ1n) is 6.64. The summed E-state index contributed by atoms with van der Waals surface area (Å²) in [5, 5.41) is 12.3. The Labute approximate surface area is 109 Å². The number of nitriles is 1. The minimum absolute atomic E-state index is 0.626. The van der Waals surface area contributed by atoms with Crippen LogP contribution in [-0.4, -0.2) is 36.1 Å². The van der Waals surface area contributed by atoms with Gasteiger partial charge in [-0.05, 0) is 44.0 Å². The minimum atomic E-state index is 0.626. The van der Waals surface area contributed by atoms with Crippen LogP contribution in [0.5, 0.6) is 0 Å². The lowest BCUT2D eigenvalue weighted by Crippen LogP contribution is -2.23. The highest BCUT2D eigenvalue weighted by atomic mass is 15.1. The summed E-state index contributed by atoms with van der Waals surface area (Å²) >= 11 is 0. The largest absolute Gasteiger partial charge is 0.369 e. The number of pyridine rings is 1.